The normalized spacial score (nSPS) is 10.4. The molecule has 0 bridgehead atoms. The lowest BCUT2D eigenvalue weighted by molar-refractivity contribution is 0.0921. The number of ether oxygens (including phenoxy) is 1. The van der Waals surface area contributed by atoms with Crippen LogP contribution in [0.1, 0.15) is 21.5 Å². The Bertz CT molecular complexity index is 825. The summed E-state index contributed by atoms with van der Waals surface area (Å²) >= 11 is 5.89. The molecule has 6 heteroatoms. The van der Waals surface area contributed by atoms with Gasteiger partial charge in [-0.15, -0.1) is 0 Å². The first kappa shape index (κ1) is 17.5. The number of ketones is 1. The molecule has 0 fully saturated rings. The number of carbonyl (C=O) groups is 1. The van der Waals surface area contributed by atoms with E-state index in [0.717, 1.165) is 11.1 Å². The number of nitriles is 1. The Balaban J connectivity index is 2.12. The Morgan fingerprint density at radius 3 is 2.83 bits per heavy atom. The van der Waals surface area contributed by atoms with Gasteiger partial charge < -0.3 is 4.74 Å². The number of hydrogen-bond donors (Lipinski definition) is 1. The second-order valence-corrected chi connectivity index (χ2v) is 5.57. The van der Waals surface area contributed by atoms with Crippen LogP contribution in [0.2, 0.25) is 5.02 Å². The maximum atomic E-state index is 12.4. The van der Waals surface area contributed by atoms with Crippen LogP contribution in [-0.2, 0) is 0 Å². The third-order valence-corrected chi connectivity index (χ3v) is 3.58. The highest BCUT2D eigenvalue weighted by Gasteiger charge is 2.12. The van der Waals surface area contributed by atoms with Crippen LogP contribution in [0.15, 0.2) is 41.4 Å². The summed E-state index contributed by atoms with van der Waals surface area (Å²) in [6, 6.07) is 10.5. The Kier molecular flexibility index (Phi) is 5.94. The molecule has 0 saturated carbocycles. The molecule has 1 N–H and O–H groups in total. The summed E-state index contributed by atoms with van der Waals surface area (Å²) in [4.78, 5) is 16.5. The maximum absolute atomic E-state index is 12.4. The lowest BCUT2D eigenvalue weighted by Gasteiger charge is -2.10. The number of aliphatic imine (C=N–C) groups is 1. The van der Waals surface area contributed by atoms with Gasteiger partial charge in [-0.25, -0.2) is 4.99 Å². The first-order valence-corrected chi connectivity index (χ1v) is 7.59. The quantitative estimate of drug-likeness (QED) is 0.284. The minimum Gasteiger partial charge on any atom is -0.485 e. The summed E-state index contributed by atoms with van der Waals surface area (Å²) in [6.07, 6.45) is 3.07. The van der Waals surface area contributed by atoms with E-state index in [1.807, 2.05) is 13.8 Å². The molecule has 0 aliphatic heterocycles. The minimum atomic E-state index is -0.124. The molecule has 5 nitrogen and oxygen atoms in total. The molecular weight excluding hydrogens is 326 g/mol. The van der Waals surface area contributed by atoms with Crippen molar-refractivity contribution in [1.29, 1.82) is 5.26 Å². The third kappa shape index (κ3) is 4.58. The molecule has 2 aromatic rings. The summed E-state index contributed by atoms with van der Waals surface area (Å²) in [7, 11) is 0. The highest BCUT2D eigenvalue weighted by atomic mass is 35.5. The molecule has 0 heterocycles. The molecule has 2 aromatic carbocycles. The molecule has 0 saturated heterocycles. The second-order valence-electron chi connectivity index (χ2n) is 5.14. The van der Waals surface area contributed by atoms with Gasteiger partial charge in [-0.1, -0.05) is 17.7 Å². The largest absolute Gasteiger partial charge is 0.485 e. The molecule has 0 aliphatic carbocycles. The number of nitrogens with one attached hydrogen (secondary N) is 1. The van der Waals surface area contributed by atoms with E-state index in [1.165, 1.54) is 6.34 Å². The number of aryl methyl sites for hydroxylation is 2. The molecule has 0 unspecified atom stereocenters. The van der Waals surface area contributed by atoms with Crippen LogP contribution in [0.4, 0.5) is 5.69 Å². The molecule has 0 aliphatic rings. The molecule has 0 atom stereocenters. The Hall–Kier alpha value is -2.84. The van der Waals surface area contributed by atoms with Gasteiger partial charge in [-0.2, -0.15) is 5.26 Å². The number of nitrogens with zero attached hydrogens (tertiary/aromatic N) is 2. The van der Waals surface area contributed by atoms with E-state index in [4.69, 9.17) is 21.6 Å². The monoisotopic (exact) mass is 341 g/mol. The number of rotatable bonds is 6. The van der Waals surface area contributed by atoms with Crippen molar-refractivity contribution in [3.05, 3.63) is 58.1 Å². The Morgan fingerprint density at radius 2 is 2.12 bits per heavy atom. The van der Waals surface area contributed by atoms with Crippen LogP contribution < -0.4 is 10.1 Å². The van der Waals surface area contributed by atoms with Gasteiger partial charge in [-0.05, 0) is 55.3 Å². The van der Waals surface area contributed by atoms with Crippen molar-refractivity contribution in [2.75, 3.05) is 6.61 Å². The van der Waals surface area contributed by atoms with Gasteiger partial charge in [0.25, 0.3) is 0 Å². The van der Waals surface area contributed by atoms with Crippen LogP contribution in [-0.4, -0.2) is 18.7 Å². The zero-order valence-corrected chi connectivity index (χ0v) is 14.1. The fourth-order valence-electron chi connectivity index (χ4n) is 2.15. The number of hydrogen-bond acceptors (Lipinski definition) is 4. The fraction of sp³-hybridized carbons (Fsp3) is 0.167. The van der Waals surface area contributed by atoms with Crippen LogP contribution >= 0.6 is 11.6 Å². The average molecular weight is 342 g/mol. The lowest BCUT2D eigenvalue weighted by Crippen LogP contribution is -2.13. The highest BCUT2D eigenvalue weighted by molar-refractivity contribution is 6.30. The van der Waals surface area contributed by atoms with Gasteiger partial charge in [0.05, 0.1) is 5.69 Å². The van der Waals surface area contributed by atoms with E-state index >= 15 is 0 Å². The van der Waals surface area contributed by atoms with E-state index in [0.29, 0.717) is 22.0 Å². The number of halogens is 1. The standard InChI is InChI=1S/C18H16ClN3O2/c1-12-7-17(22-11-21-10-20)13(2)6-16(12)18(23)9-24-15-5-3-4-14(19)8-15/h3-8,11H,9H2,1-2H3,(H,21,22). The first-order chi connectivity index (χ1) is 11.5. The molecule has 0 spiro atoms. The van der Waals surface area contributed by atoms with E-state index in [2.05, 4.69) is 10.3 Å². The molecule has 0 aromatic heterocycles. The summed E-state index contributed by atoms with van der Waals surface area (Å²) < 4.78 is 5.50. The summed E-state index contributed by atoms with van der Waals surface area (Å²) in [6.45, 7) is 3.62. The van der Waals surface area contributed by atoms with Crippen LogP contribution in [0.5, 0.6) is 5.75 Å². The summed E-state index contributed by atoms with van der Waals surface area (Å²) in [5.41, 5.74) is 2.91. The third-order valence-electron chi connectivity index (χ3n) is 3.34. The predicted octanol–water partition coefficient (Wildman–Crippen LogP) is 3.95. The molecule has 24 heavy (non-hydrogen) atoms. The predicted molar refractivity (Wildman–Crippen MR) is 94.1 cm³/mol. The average Bonchev–Trinajstić information content (AvgIpc) is 2.55. The van der Waals surface area contributed by atoms with Crippen molar-refractivity contribution in [2.45, 2.75) is 13.8 Å². The highest BCUT2D eigenvalue weighted by Crippen LogP contribution is 2.24. The van der Waals surface area contributed by atoms with E-state index in [-0.39, 0.29) is 12.4 Å². The van der Waals surface area contributed by atoms with E-state index in [9.17, 15) is 4.79 Å². The fourth-order valence-corrected chi connectivity index (χ4v) is 2.33. The van der Waals surface area contributed by atoms with Crippen LogP contribution in [0, 0.1) is 25.3 Å². The van der Waals surface area contributed by atoms with Gasteiger partial charge in [-0.3, -0.25) is 10.1 Å². The number of carbonyl (C=O) groups excluding carboxylic acids is 1. The number of benzene rings is 2. The maximum Gasteiger partial charge on any atom is 0.200 e. The lowest BCUT2D eigenvalue weighted by atomic mass is 10.0. The van der Waals surface area contributed by atoms with Crippen LogP contribution in [0.3, 0.4) is 0 Å². The van der Waals surface area contributed by atoms with Crippen molar-refractivity contribution in [2.24, 2.45) is 4.99 Å². The molecule has 2 rings (SSSR count). The van der Waals surface area contributed by atoms with Gasteiger partial charge in [0.1, 0.15) is 12.1 Å². The van der Waals surface area contributed by atoms with Crippen molar-refractivity contribution in [1.82, 2.24) is 5.32 Å². The molecular formula is C18H16ClN3O2. The SMILES string of the molecule is Cc1cc(C(=O)COc2cccc(Cl)c2)c(C)cc1/N=C\NC#N. The van der Waals surface area contributed by atoms with E-state index in [1.54, 1.807) is 42.6 Å². The van der Waals surface area contributed by atoms with Gasteiger partial charge >= 0.3 is 0 Å². The molecule has 0 radical (unpaired) electrons. The number of Topliss-reactive ketones (excluding diaryl/α,β-unsaturated/α-hetero) is 1. The smallest absolute Gasteiger partial charge is 0.200 e. The minimum absolute atomic E-state index is 0.0702. The topological polar surface area (TPSA) is 74.5 Å². The Labute approximate surface area is 145 Å². The first-order valence-electron chi connectivity index (χ1n) is 7.21. The van der Waals surface area contributed by atoms with Crippen molar-refractivity contribution < 1.29 is 9.53 Å². The van der Waals surface area contributed by atoms with Gasteiger partial charge in [0, 0.05) is 10.6 Å². The zero-order chi connectivity index (χ0) is 17.5. The van der Waals surface area contributed by atoms with E-state index < -0.39 is 0 Å². The molecule has 0 amide bonds. The zero-order valence-electron chi connectivity index (χ0n) is 13.3. The van der Waals surface area contributed by atoms with Crippen molar-refractivity contribution >= 4 is 29.4 Å². The van der Waals surface area contributed by atoms with Gasteiger partial charge in [0.2, 0.25) is 0 Å². The van der Waals surface area contributed by atoms with Crippen LogP contribution in [0.25, 0.3) is 0 Å². The summed E-state index contributed by atoms with van der Waals surface area (Å²) in [5.74, 6) is 0.426. The Morgan fingerprint density at radius 1 is 1.33 bits per heavy atom. The van der Waals surface area contributed by atoms with Crippen molar-refractivity contribution in [3.8, 4) is 11.9 Å². The molecule has 122 valence electrons. The second kappa shape index (κ2) is 8.14. The van der Waals surface area contributed by atoms with Gasteiger partial charge in [0.15, 0.2) is 18.6 Å². The summed E-state index contributed by atoms with van der Waals surface area (Å²) in [5, 5.41) is 11.3. The van der Waals surface area contributed by atoms with Crippen molar-refractivity contribution in [3.63, 3.8) is 0 Å².